The van der Waals surface area contributed by atoms with Gasteiger partial charge in [0.1, 0.15) is 0 Å². The molecule has 2 fully saturated rings. The van der Waals surface area contributed by atoms with Crippen LogP contribution in [0.4, 0.5) is 0 Å². The van der Waals surface area contributed by atoms with E-state index in [2.05, 4.69) is 10.00 Å². The lowest BCUT2D eigenvalue weighted by Gasteiger charge is -2.43. The maximum atomic E-state index is 13.2. The van der Waals surface area contributed by atoms with Crippen LogP contribution in [-0.4, -0.2) is 64.4 Å². The SMILES string of the molecule is Cn1cc([C@H]2[C@H](CN3CCCCC3)OCCN2C(=O)Cc2ccccc2)cn1. The maximum Gasteiger partial charge on any atom is 0.227 e. The molecule has 28 heavy (non-hydrogen) atoms. The molecule has 0 bridgehead atoms. The summed E-state index contributed by atoms with van der Waals surface area (Å²) in [4.78, 5) is 17.7. The molecule has 6 heteroatoms. The summed E-state index contributed by atoms with van der Waals surface area (Å²) in [6.45, 7) is 4.33. The third-order valence-electron chi connectivity index (χ3n) is 5.82. The van der Waals surface area contributed by atoms with Gasteiger partial charge >= 0.3 is 0 Å². The number of hydrogen-bond acceptors (Lipinski definition) is 4. The van der Waals surface area contributed by atoms with E-state index in [1.54, 1.807) is 0 Å². The van der Waals surface area contributed by atoms with Gasteiger partial charge in [0.15, 0.2) is 0 Å². The number of carbonyl (C=O) groups is 1. The standard InChI is InChI=1S/C22H30N4O2/c1-24-16-19(15-23-24)22-20(17-25-10-6-3-7-11-25)28-13-12-26(22)21(27)14-18-8-4-2-5-9-18/h2,4-5,8-9,15-16,20,22H,3,6-7,10-14,17H2,1H3/t20-,22-/m0/s1. The molecule has 6 nitrogen and oxygen atoms in total. The minimum Gasteiger partial charge on any atom is -0.373 e. The first-order chi connectivity index (χ1) is 13.7. The van der Waals surface area contributed by atoms with E-state index in [-0.39, 0.29) is 18.1 Å². The molecule has 0 N–H and O–H groups in total. The molecule has 3 heterocycles. The zero-order valence-corrected chi connectivity index (χ0v) is 16.7. The molecule has 1 aromatic carbocycles. The lowest BCUT2D eigenvalue weighted by Crippen LogP contribution is -2.52. The van der Waals surface area contributed by atoms with Gasteiger partial charge in [-0.1, -0.05) is 36.8 Å². The van der Waals surface area contributed by atoms with Crippen molar-refractivity contribution in [2.45, 2.75) is 37.8 Å². The molecular formula is C22H30N4O2. The summed E-state index contributed by atoms with van der Waals surface area (Å²) < 4.78 is 8.02. The van der Waals surface area contributed by atoms with E-state index in [9.17, 15) is 4.79 Å². The second-order valence-corrected chi connectivity index (χ2v) is 7.91. The molecule has 150 valence electrons. The van der Waals surface area contributed by atoms with Gasteiger partial charge < -0.3 is 14.5 Å². The first kappa shape index (κ1) is 19.2. The highest BCUT2D eigenvalue weighted by molar-refractivity contribution is 5.79. The summed E-state index contributed by atoms with van der Waals surface area (Å²) in [5, 5.41) is 4.36. The molecule has 0 unspecified atom stereocenters. The number of rotatable bonds is 5. The summed E-state index contributed by atoms with van der Waals surface area (Å²) >= 11 is 0. The Labute approximate surface area is 167 Å². The number of ether oxygens (including phenoxy) is 1. The molecule has 2 saturated heterocycles. The van der Waals surface area contributed by atoms with Crippen LogP contribution in [0.5, 0.6) is 0 Å². The van der Waals surface area contributed by atoms with E-state index in [4.69, 9.17) is 4.74 Å². The number of hydrogen-bond donors (Lipinski definition) is 0. The first-order valence-electron chi connectivity index (χ1n) is 10.4. The van der Waals surface area contributed by atoms with E-state index in [1.165, 1.54) is 19.3 Å². The van der Waals surface area contributed by atoms with E-state index in [0.717, 1.165) is 30.8 Å². The number of piperidine rings is 1. The topological polar surface area (TPSA) is 50.6 Å². The summed E-state index contributed by atoms with van der Waals surface area (Å²) in [6, 6.07) is 9.90. The summed E-state index contributed by atoms with van der Waals surface area (Å²) in [5.41, 5.74) is 2.11. The number of aryl methyl sites for hydroxylation is 1. The highest BCUT2D eigenvalue weighted by Gasteiger charge is 2.38. The second kappa shape index (κ2) is 8.88. The van der Waals surface area contributed by atoms with E-state index in [0.29, 0.717) is 19.6 Å². The average Bonchev–Trinajstić information content (AvgIpc) is 3.15. The quantitative estimate of drug-likeness (QED) is 0.797. The molecule has 1 amide bonds. The molecule has 0 saturated carbocycles. The van der Waals surface area contributed by atoms with Crippen molar-refractivity contribution >= 4 is 5.91 Å². The third-order valence-corrected chi connectivity index (χ3v) is 5.82. The number of benzene rings is 1. The van der Waals surface area contributed by atoms with Crippen LogP contribution in [0, 0.1) is 0 Å². The van der Waals surface area contributed by atoms with Crippen molar-refractivity contribution in [2.75, 3.05) is 32.8 Å². The van der Waals surface area contributed by atoms with Gasteiger partial charge in [-0.15, -0.1) is 0 Å². The van der Waals surface area contributed by atoms with E-state index in [1.807, 2.05) is 59.4 Å². The maximum absolute atomic E-state index is 13.2. The molecule has 2 aliphatic rings. The lowest BCUT2D eigenvalue weighted by atomic mass is 9.98. The molecule has 2 aromatic rings. The Morgan fingerprint density at radius 2 is 1.93 bits per heavy atom. The zero-order valence-electron chi connectivity index (χ0n) is 16.7. The average molecular weight is 383 g/mol. The summed E-state index contributed by atoms with van der Waals surface area (Å²) in [6.07, 6.45) is 8.12. The Morgan fingerprint density at radius 3 is 2.64 bits per heavy atom. The number of aromatic nitrogens is 2. The van der Waals surface area contributed by atoms with Crippen molar-refractivity contribution in [1.82, 2.24) is 19.6 Å². The third kappa shape index (κ3) is 4.45. The van der Waals surface area contributed by atoms with Crippen molar-refractivity contribution in [3.63, 3.8) is 0 Å². The second-order valence-electron chi connectivity index (χ2n) is 7.91. The normalized spacial score (nSPS) is 23.7. The fourth-order valence-corrected chi connectivity index (χ4v) is 4.42. The highest BCUT2D eigenvalue weighted by atomic mass is 16.5. The van der Waals surface area contributed by atoms with Crippen molar-refractivity contribution in [2.24, 2.45) is 7.05 Å². The summed E-state index contributed by atoms with van der Waals surface area (Å²) in [5.74, 6) is 0.159. The number of carbonyl (C=O) groups excluding carboxylic acids is 1. The zero-order chi connectivity index (χ0) is 19.3. The van der Waals surface area contributed by atoms with Gasteiger partial charge in [0.05, 0.1) is 31.4 Å². The Morgan fingerprint density at radius 1 is 1.14 bits per heavy atom. The van der Waals surface area contributed by atoms with Crippen LogP contribution in [-0.2, 0) is 23.0 Å². The van der Waals surface area contributed by atoms with Crippen LogP contribution >= 0.6 is 0 Å². The molecule has 0 spiro atoms. The molecule has 1 aromatic heterocycles. The van der Waals surface area contributed by atoms with Gasteiger partial charge in [-0.3, -0.25) is 9.48 Å². The van der Waals surface area contributed by atoms with Crippen LogP contribution in [0.15, 0.2) is 42.7 Å². The smallest absolute Gasteiger partial charge is 0.227 e. The van der Waals surface area contributed by atoms with Crippen LogP contribution in [0.3, 0.4) is 0 Å². The monoisotopic (exact) mass is 382 g/mol. The van der Waals surface area contributed by atoms with Crippen molar-refractivity contribution in [3.8, 4) is 0 Å². The van der Waals surface area contributed by atoms with Crippen LogP contribution in [0.25, 0.3) is 0 Å². The predicted octanol–water partition coefficient (Wildman–Crippen LogP) is 2.42. The number of morpholine rings is 1. The molecule has 4 rings (SSSR count). The number of likely N-dealkylation sites (tertiary alicyclic amines) is 1. The Balaban J connectivity index is 1.55. The fraction of sp³-hybridized carbons (Fsp3) is 0.545. The minimum atomic E-state index is -0.0828. The van der Waals surface area contributed by atoms with Gasteiger partial charge in [0, 0.05) is 31.9 Å². The summed E-state index contributed by atoms with van der Waals surface area (Å²) in [7, 11) is 1.92. The van der Waals surface area contributed by atoms with E-state index < -0.39 is 0 Å². The van der Waals surface area contributed by atoms with Gasteiger partial charge in [0.2, 0.25) is 5.91 Å². The lowest BCUT2D eigenvalue weighted by molar-refractivity contribution is -0.148. The van der Waals surface area contributed by atoms with Gasteiger partial charge in [-0.05, 0) is 31.5 Å². The molecule has 0 aliphatic carbocycles. The Kier molecular flexibility index (Phi) is 6.07. The van der Waals surface area contributed by atoms with Gasteiger partial charge in [0.25, 0.3) is 0 Å². The van der Waals surface area contributed by atoms with Crippen molar-refractivity contribution in [1.29, 1.82) is 0 Å². The van der Waals surface area contributed by atoms with Crippen molar-refractivity contribution < 1.29 is 9.53 Å². The Hall–Kier alpha value is -2.18. The van der Waals surface area contributed by atoms with Gasteiger partial charge in [-0.2, -0.15) is 5.10 Å². The minimum absolute atomic E-state index is 0.0178. The molecule has 0 radical (unpaired) electrons. The van der Waals surface area contributed by atoms with E-state index >= 15 is 0 Å². The predicted molar refractivity (Wildman–Crippen MR) is 108 cm³/mol. The Bertz CT molecular complexity index is 770. The molecular weight excluding hydrogens is 352 g/mol. The largest absolute Gasteiger partial charge is 0.373 e. The van der Waals surface area contributed by atoms with Gasteiger partial charge in [-0.25, -0.2) is 0 Å². The number of nitrogens with zero attached hydrogens (tertiary/aromatic N) is 4. The first-order valence-corrected chi connectivity index (χ1v) is 10.4. The van der Waals surface area contributed by atoms with Crippen LogP contribution in [0.2, 0.25) is 0 Å². The van der Waals surface area contributed by atoms with Crippen molar-refractivity contribution in [3.05, 3.63) is 53.9 Å². The number of amides is 1. The molecule has 2 atom stereocenters. The van der Waals surface area contributed by atoms with Crippen LogP contribution in [0.1, 0.15) is 36.4 Å². The highest BCUT2D eigenvalue weighted by Crippen LogP contribution is 2.31. The van der Waals surface area contributed by atoms with Crippen LogP contribution < -0.4 is 0 Å². The molecule has 2 aliphatic heterocycles. The fourth-order valence-electron chi connectivity index (χ4n) is 4.42.